The van der Waals surface area contributed by atoms with Gasteiger partial charge in [0.2, 0.25) is 0 Å². The van der Waals surface area contributed by atoms with E-state index in [-0.39, 0.29) is 25.9 Å². The molecule has 7 heteroatoms. The summed E-state index contributed by atoms with van der Waals surface area (Å²) < 4.78 is 21.3. The zero-order valence-electron chi connectivity index (χ0n) is 32.4. The van der Waals surface area contributed by atoms with Gasteiger partial charge in [-0.05, 0) is 122 Å². The maximum Gasteiger partial charge on any atom is 0.192 e. The summed E-state index contributed by atoms with van der Waals surface area (Å²) in [5.74, 6) is 2.35. The van der Waals surface area contributed by atoms with Crippen molar-refractivity contribution in [2.75, 3.05) is 13.2 Å². The van der Waals surface area contributed by atoms with Crippen molar-refractivity contribution in [3.8, 4) is 0 Å². The van der Waals surface area contributed by atoms with Crippen LogP contribution in [0.1, 0.15) is 121 Å². The van der Waals surface area contributed by atoms with E-state index in [2.05, 4.69) is 115 Å². The van der Waals surface area contributed by atoms with Crippen LogP contribution in [0.2, 0.25) is 54.4 Å². The normalized spacial score (nSPS) is 34.8. The quantitative estimate of drug-likeness (QED) is 0.230. The molecule has 0 aromatic heterocycles. The monoisotopic (exact) mass is 666 g/mol. The van der Waals surface area contributed by atoms with Gasteiger partial charge in [-0.25, -0.2) is 0 Å². The van der Waals surface area contributed by atoms with E-state index in [0.717, 1.165) is 51.7 Å². The average Bonchev–Trinajstić information content (AvgIpc) is 3.15. The number of carbonyl (C=O) groups excluding carboxylic acids is 1. The molecule has 44 heavy (non-hydrogen) atoms. The number of fused-ring (bicyclic) bond motifs is 1. The minimum atomic E-state index is -1.93. The molecule has 3 rings (SSSR count). The Morgan fingerprint density at radius 1 is 0.682 bits per heavy atom. The van der Waals surface area contributed by atoms with Crippen LogP contribution in [0.3, 0.4) is 0 Å². The number of hydrogen-bond donors (Lipinski definition) is 0. The molecule has 3 aliphatic carbocycles. The lowest BCUT2D eigenvalue weighted by atomic mass is 9.49. The Labute approximate surface area is 277 Å². The topological polar surface area (TPSA) is 44.8 Å². The summed E-state index contributed by atoms with van der Waals surface area (Å²) in [6.07, 6.45) is 7.66. The van der Waals surface area contributed by atoms with Crippen LogP contribution in [0.4, 0.5) is 0 Å². The second-order valence-corrected chi connectivity index (χ2v) is 34.8. The third-order valence-electron chi connectivity index (χ3n) is 14.6. The smallest absolute Gasteiger partial charge is 0.192 e. The summed E-state index contributed by atoms with van der Waals surface area (Å²) in [5.41, 5.74) is -0.0336. The van der Waals surface area contributed by atoms with Gasteiger partial charge in [0.25, 0.3) is 0 Å². The lowest BCUT2D eigenvalue weighted by molar-refractivity contribution is -0.137. The molecule has 0 amide bonds. The van der Waals surface area contributed by atoms with E-state index < -0.39 is 25.0 Å². The molecule has 4 nitrogen and oxygen atoms in total. The number of ketones is 1. The van der Waals surface area contributed by atoms with Crippen LogP contribution in [-0.2, 0) is 18.1 Å². The van der Waals surface area contributed by atoms with E-state index >= 15 is 0 Å². The Balaban J connectivity index is 2.00. The van der Waals surface area contributed by atoms with E-state index in [1.54, 1.807) is 0 Å². The van der Waals surface area contributed by atoms with Crippen molar-refractivity contribution in [3.63, 3.8) is 0 Å². The fourth-order valence-corrected chi connectivity index (χ4v) is 11.5. The van der Waals surface area contributed by atoms with Crippen molar-refractivity contribution in [2.24, 2.45) is 34.5 Å². The van der Waals surface area contributed by atoms with Crippen molar-refractivity contribution in [2.45, 2.75) is 182 Å². The van der Waals surface area contributed by atoms with Crippen molar-refractivity contribution < 1.29 is 18.1 Å². The van der Waals surface area contributed by atoms with E-state index in [1.807, 2.05) is 0 Å². The molecule has 3 aliphatic rings. The van der Waals surface area contributed by atoms with Crippen LogP contribution in [0, 0.1) is 34.5 Å². The first-order valence-corrected chi connectivity index (χ1v) is 26.8. The van der Waals surface area contributed by atoms with Gasteiger partial charge in [-0.1, -0.05) is 76.2 Å². The van der Waals surface area contributed by atoms with Gasteiger partial charge in [-0.2, -0.15) is 0 Å². The zero-order chi connectivity index (χ0) is 33.9. The van der Waals surface area contributed by atoms with Crippen LogP contribution in [-0.4, -0.2) is 50.1 Å². The molecule has 0 aliphatic heterocycles. The minimum Gasteiger partial charge on any atom is -0.417 e. The molecule has 0 N–H and O–H groups in total. The first-order valence-electron chi connectivity index (χ1n) is 18.1. The van der Waals surface area contributed by atoms with Crippen LogP contribution < -0.4 is 0 Å². The van der Waals surface area contributed by atoms with Crippen LogP contribution >= 0.6 is 0 Å². The molecular formula is C37H74O4Si3. The molecule has 3 unspecified atom stereocenters. The third-order valence-corrected chi connectivity index (χ3v) is 28.2. The van der Waals surface area contributed by atoms with Crippen LogP contribution in [0.15, 0.2) is 0 Å². The Kier molecular flexibility index (Phi) is 11.1. The third kappa shape index (κ3) is 7.58. The second-order valence-electron chi connectivity index (χ2n) is 20.4. The highest BCUT2D eigenvalue weighted by Gasteiger charge is 2.59. The van der Waals surface area contributed by atoms with E-state index in [9.17, 15) is 4.79 Å². The molecule has 0 aromatic rings. The van der Waals surface area contributed by atoms with Gasteiger partial charge in [-0.3, -0.25) is 4.79 Å². The second kappa shape index (κ2) is 12.6. The molecule has 7 atom stereocenters. The van der Waals surface area contributed by atoms with E-state index in [0.29, 0.717) is 35.6 Å². The Morgan fingerprint density at radius 2 is 1.18 bits per heavy atom. The van der Waals surface area contributed by atoms with Crippen LogP contribution in [0.25, 0.3) is 0 Å². The van der Waals surface area contributed by atoms with Crippen molar-refractivity contribution in [3.05, 3.63) is 0 Å². The molecule has 0 saturated heterocycles. The van der Waals surface area contributed by atoms with Crippen LogP contribution in [0.5, 0.6) is 0 Å². The lowest BCUT2D eigenvalue weighted by Crippen LogP contribution is -2.56. The summed E-state index contributed by atoms with van der Waals surface area (Å²) in [7, 11) is -5.73. The first-order chi connectivity index (χ1) is 19.6. The van der Waals surface area contributed by atoms with Gasteiger partial charge in [0, 0.05) is 31.2 Å². The SMILES string of the molecule is CC(C)(C)[Si](C)(C)OC[C@H]1C2CCC(=O)[C@@]2(C)CCC1[C@@]1(C)CCC(O[Si](C)(C)C(C)(C)C)C[C@@H]1CO[Si](C)(C)C(C)(C)C. The number of carbonyl (C=O) groups is 1. The first kappa shape index (κ1) is 38.6. The van der Waals surface area contributed by atoms with Crippen molar-refractivity contribution in [1.29, 1.82) is 0 Å². The van der Waals surface area contributed by atoms with Gasteiger partial charge in [0.05, 0.1) is 0 Å². The summed E-state index contributed by atoms with van der Waals surface area (Å²) in [6.45, 7) is 42.2. The maximum atomic E-state index is 13.4. The van der Waals surface area contributed by atoms with Gasteiger partial charge in [0.1, 0.15) is 5.78 Å². The predicted octanol–water partition coefficient (Wildman–Crippen LogP) is 11.2. The highest BCUT2D eigenvalue weighted by Crippen LogP contribution is 2.62. The summed E-state index contributed by atoms with van der Waals surface area (Å²) in [5, 5.41) is 0.565. The van der Waals surface area contributed by atoms with E-state index in [1.165, 1.54) is 6.42 Å². The lowest BCUT2D eigenvalue weighted by Gasteiger charge is -2.57. The number of Topliss-reactive ketones (excluding diaryl/α,β-unsaturated/α-hetero) is 1. The predicted molar refractivity (Wildman–Crippen MR) is 196 cm³/mol. The Morgan fingerprint density at radius 3 is 1.68 bits per heavy atom. The summed E-state index contributed by atoms with van der Waals surface area (Å²) >= 11 is 0. The molecule has 0 spiro atoms. The molecule has 0 bridgehead atoms. The standard InChI is InChI=1S/C37H74O4Si3/c1-33(2,3)42(12,13)39-25-27-24-28(41-44(16,17)35(7,8)9)20-22-36(27,10)31-21-23-37(11)30(18-19-32(37)38)29(31)26-40-43(14,15)34(4,5)6/h27-31H,18-26H2,1-17H3/t27-,28?,29+,30?,31?,36+,37+/m1/s1. The fourth-order valence-electron chi connectivity index (χ4n) is 7.98. The summed E-state index contributed by atoms with van der Waals surface area (Å²) in [6, 6.07) is 0. The molecule has 3 saturated carbocycles. The highest BCUT2D eigenvalue weighted by atomic mass is 28.4. The molecule has 258 valence electrons. The molecule has 0 radical (unpaired) electrons. The molecule has 0 heterocycles. The van der Waals surface area contributed by atoms with Gasteiger partial charge in [0.15, 0.2) is 25.0 Å². The van der Waals surface area contributed by atoms with Crippen molar-refractivity contribution in [1.82, 2.24) is 0 Å². The summed E-state index contributed by atoms with van der Waals surface area (Å²) in [4.78, 5) is 13.4. The fraction of sp³-hybridized carbons (Fsp3) is 0.973. The minimum absolute atomic E-state index is 0.143. The van der Waals surface area contributed by atoms with E-state index in [4.69, 9.17) is 13.3 Å². The Bertz CT molecular complexity index is 1020. The molecular weight excluding hydrogens is 593 g/mol. The number of rotatable bonds is 9. The van der Waals surface area contributed by atoms with Gasteiger partial charge < -0.3 is 13.3 Å². The van der Waals surface area contributed by atoms with Gasteiger partial charge >= 0.3 is 0 Å². The maximum absolute atomic E-state index is 13.4. The van der Waals surface area contributed by atoms with Crippen molar-refractivity contribution >= 4 is 30.7 Å². The largest absolute Gasteiger partial charge is 0.417 e. The molecule has 3 fully saturated rings. The zero-order valence-corrected chi connectivity index (χ0v) is 35.4. The number of hydrogen-bond acceptors (Lipinski definition) is 4. The average molecular weight is 667 g/mol. The van der Waals surface area contributed by atoms with Gasteiger partial charge in [-0.15, -0.1) is 0 Å². The Hall–Kier alpha value is 0.201. The molecule has 0 aromatic carbocycles. The highest BCUT2D eigenvalue weighted by molar-refractivity contribution is 6.74.